The number of hydrogen-bond donors (Lipinski definition) is 3. The van der Waals surface area contributed by atoms with Gasteiger partial charge in [0.2, 0.25) is 5.91 Å². The fourth-order valence-electron chi connectivity index (χ4n) is 3.34. The molecule has 2 unspecified atom stereocenters. The number of aryl methyl sites for hydroxylation is 1. The van der Waals surface area contributed by atoms with Gasteiger partial charge < -0.3 is 14.8 Å². The molecule has 1 fully saturated rings. The number of methoxy groups -OCH3 is 1. The quantitative estimate of drug-likeness (QED) is 0.699. The normalized spacial score (nSPS) is 18.9. The van der Waals surface area contributed by atoms with Crippen molar-refractivity contribution < 1.29 is 14.3 Å². The molecule has 0 bridgehead atoms. The van der Waals surface area contributed by atoms with Crippen molar-refractivity contribution in [1.29, 1.82) is 0 Å². The standard InChI is InChI=1S/C21H27N3O3/c1-4-27-19-11-15(8-9-18(19)26-3)12-22-21(25)17-13-23-24-20(17)16-7-5-6-14(2)10-16/h5-11,17,20,23-24H,4,12-13H2,1-3H3,(H,22,25). The van der Waals surface area contributed by atoms with Crippen LogP contribution in [0.4, 0.5) is 0 Å². The second-order valence-electron chi connectivity index (χ2n) is 6.66. The summed E-state index contributed by atoms with van der Waals surface area (Å²) in [6, 6.07) is 13.9. The summed E-state index contributed by atoms with van der Waals surface area (Å²) in [5, 5.41) is 3.05. The fourth-order valence-corrected chi connectivity index (χ4v) is 3.34. The number of carbonyl (C=O) groups excluding carboxylic acids is 1. The third kappa shape index (κ3) is 4.59. The van der Waals surface area contributed by atoms with Gasteiger partial charge in [0.05, 0.1) is 25.7 Å². The van der Waals surface area contributed by atoms with Gasteiger partial charge in [-0.3, -0.25) is 10.2 Å². The Hall–Kier alpha value is -2.57. The SMILES string of the molecule is CCOc1cc(CNC(=O)C2CNNC2c2cccc(C)c2)ccc1OC. The van der Waals surface area contributed by atoms with E-state index in [0.717, 1.165) is 11.1 Å². The number of rotatable bonds is 7. The summed E-state index contributed by atoms with van der Waals surface area (Å²) in [5.74, 6) is 1.23. The van der Waals surface area contributed by atoms with E-state index in [1.54, 1.807) is 7.11 Å². The first kappa shape index (κ1) is 19.2. The van der Waals surface area contributed by atoms with Crippen LogP contribution in [0.25, 0.3) is 0 Å². The van der Waals surface area contributed by atoms with Gasteiger partial charge in [-0.2, -0.15) is 0 Å². The van der Waals surface area contributed by atoms with Crippen LogP contribution in [0.3, 0.4) is 0 Å². The molecule has 2 aromatic rings. The molecule has 0 aliphatic carbocycles. The molecule has 2 atom stereocenters. The van der Waals surface area contributed by atoms with E-state index < -0.39 is 0 Å². The minimum atomic E-state index is -0.170. The lowest BCUT2D eigenvalue weighted by atomic mass is 9.93. The molecule has 1 heterocycles. The Balaban J connectivity index is 1.66. The van der Waals surface area contributed by atoms with Gasteiger partial charge in [0.1, 0.15) is 0 Å². The van der Waals surface area contributed by atoms with E-state index in [1.165, 1.54) is 5.56 Å². The van der Waals surface area contributed by atoms with Gasteiger partial charge in [-0.1, -0.05) is 35.9 Å². The molecule has 27 heavy (non-hydrogen) atoms. The highest BCUT2D eigenvalue weighted by atomic mass is 16.5. The molecule has 3 N–H and O–H groups in total. The highest BCUT2D eigenvalue weighted by Gasteiger charge is 2.33. The zero-order chi connectivity index (χ0) is 19.2. The molecule has 3 rings (SSSR count). The predicted molar refractivity (Wildman–Crippen MR) is 105 cm³/mol. The average molecular weight is 369 g/mol. The topological polar surface area (TPSA) is 71.6 Å². The molecule has 2 aromatic carbocycles. The summed E-state index contributed by atoms with van der Waals surface area (Å²) < 4.78 is 10.9. The Morgan fingerprint density at radius 2 is 2.07 bits per heavy atom. The monoisotopic (exact) mass is 369 g/mol. The van der Waals surface area contributed by atoms with E-state index in [1.807, 2.05) is 31.2 Å². The first-order valence-corrected chi connectivity index (χ1v) is 9.24. The van der Waals surface area contributed by atoms with Crippen LogP contribution in [0.1, 0.15) is 29.7 Å². The second-order valence-corrected chi connectivity index (χ2v) is 6.66. The highest BCUT2D eigenvalue weighted by molar-refractivity contribution is 5.80. The molecule has 1 aliphatic rings. The van der Waals surface area contributed by atoms with Crippen molar-refractivity contribution in [3.63, 3.8) is 0 Å². The van der Waals surface area contributed by atoms with Crippen LogP contribution in [0, 0.1) is 12.8 Å². The number of nitrogens with one attached hydrogen (secondary N) is 3. The Morgan fingerprint density at radius 3 is 2.81 bits per heavy atom. The van der Waals surface area contributed by atoms with Gasteiger partial charge in [0, 0.05) is 13.1 Å². The molecule has 144 valence electrons. The number of ether oxygens (including phenoxy) is 2. The molecule has 1 aliphatic heterocycles. The number of carbonyl (C=O) groups is 1. The van der Waals surface area contributed by atoms with Crippen molar-refractivity contribution >= 4 is 5.91 Å². The minimum absolute atomic E-state index is 0.0211. The molecule has 6 nitrogen and oxygen atoms in total. The molecule has 0 saturated carbocycles. The third-order valence-corrected chi connectivity index (χ3v) is 4.71. The Kier molecular flexibility index (Phi) is 6.32. The summed E-state index contributed by atoms with van der Waals surface area (Å²) in [6.45, 7) is 5.58. The second kappa shape index (κ2) is 8.88. The summed E-state index contributed by atoms with van der Waals surface area (Å²) >= 11 is 0. The summed E-state index contributed by atoms with van der Waals surface area (Å²) in [6.07, 6.45) is 0. The number of hydrogen-bond acceptors (Lipinski definition) is 5. The van der Waals surface area contributed by atoms with Crippen LogP contribution in [0.2, 0.25) is 0 Å². The van der Waals surface area contributed by atoms with E-state index >= 15 is 0 Å². The van der Waals surface area contributed by atoms with E-state index in [-0.39, 0.29) is 17.9 Å². The predicted octanol–water partition coefficient (Wildman–Crippen LogP) is 2.48. The zero-order valence-electron chi connectivity index (χ0n) is 16.0. The van der Waals surface area contributed by atoms with Crippen LogP contribution in [0.15, 0.2) is 42.5 Å². The molecule has 1 saturated heterocycles. The smallest absolute Gasteiger partial charge is 0.226 e. The van der Waals surface area contributed by atoms with E-state index in [0.29, 0.717) is 31.2 Å². The Labute approximate surface area is 160 Å². The van der Waals surface area contributed by atoms with Crippen LogP contribution >= 0.6 is 0 Å². The lowest BCUT2D eigenvalue weighted by Crippen LogP contribution is -2.34. The summed E-state index contributed by atoms with van der Waals surface area (Å²) in [4.78, 5) is 12.8. The van der Waals surface area contributed by atoms with Gasteiger partial charge in [-0.25, -0.2) is 5.43 Å². The lowest BCUT2D eigenvalue weighted by molar-refractivity contribution is -0.125. The first-order chi connectivity index (χ1) is 13.1. The first-order valence-electron chi connectivity index (χ1n) is 9.24. The summed E-state index contributed by atoms with van der Waals surface area (Å²) in [5.41, 5.74) is 9.60. The Morgan fingerprint density at radius 1 is 1.22 bits per heavy atom. The number of benzene rings is 2. The average Bonchev–Trinajstić information content (AvgIpc) is 3.16. The largest absolute Gasteiger partial charge is 0.493 e. The number of amides is 1. The van der Waals surface area contributed by atoms with Gasteiger partial charge in [-0.15, -0.1) is 0 Å². The molecular formula is C21H27N3O3. The van der Waals surface area contributed by atoms with Gasteiger partial charge in [-0.05, 0) is 37.1 Å². The lowest BCUT2D eigenvalue weighted by Gasteiger charge is -2.19. The van der Waals surface area contributed by atoms with E-state index in [9.17, 15) is 4.79 Å². The summed E-state index contributed by atoms with van der Waals surface area (Å²) in [7, 11) is 1.62. The zero-order valence-corrected chi connectivity index (χ0v) is 16.0. The molecule has 0 spiro atoms. The van der Waals surface area contributed by atoms with Crippen LogP contribution in [-0.4, -0.2) is 26.2 Å². The van der Waals surface area contributed by atoms with Gasteiger partial charge >= 0.3 is 0 Å². The van der Waals surface area contributed by atoms with Crippen molar-refractivity contribution in [1.82, 2.24) is 16.2 Å². The van der Waals surface area contributed by atoms with E-state index in [2.05, 4.69) is 41.3 Å². The van der Waals surface area contributed by atoms with Crippen molar-refractivity contribution in [3.8, 4) is 11.5 Å². The third-order valence-electron chi connectivity index (χ3n) is 4.71. The maximum atomic E-state index is 12.8. The number of hydrazine groups is 1. The molecule has 0 radical (unpaired) electrons. The maximum Gasteiger partial charge on any atom is 0.226 e. The Bertz CT molecular complexity index is 794. The minimum Gasteiger partial charge on any atom is -0.493 e. The van der Waals surface area contributed by atoms with Gasteiger partial charge in [0.15, 0.2) is 11.5 Å². The van der Waals surface area contributed by atoms with Crippen molar-refractivity contribution in [2.45, 2.75) is 26.4 Å². The molecular weight excluding hydrogens is 342 g/mol. The molecule has 0 aromatic heterocycles. The van der Waals surface area contributed by atoms with Crippen LogP contribution in [0.5, 0.6) is 11.5 Å². The van der Waals surface area contributed by atoms with Crippen LogP contribution in [-0.2, 0) is 11.3 Å². The highest BCUT2D eigenvalue weighted by Crippen LogP contribution is 2.29. The molecule has 6 heteroatoms. The molecule has 1 amide bonds. The van der Waals surface area contributed by atoms with Gasteiger partial charge in [0.25, 0.3) is 0 Å². The van der Waals surface area contributed by atoms with Crippen LogP contribution < -0.4 is 25.6 Å². The van der Waals surface area contributed by atoms with E-state index in [4.69, 9.17) is 9.47 Å². The maximum absolute atomic E-state index is 12.8. The van der Waals surface area contributed by atoms with Crippen molar-refractivity contribution in [2.24, 2.45) is 5.92 Å². The fraction of sp³-hybridized carbons (Fsp3) is 0.381. The van der Waals surface area contributed by atoms with Crippen molar-refractivity contribution in [3.05, 3.63) is 59.2 Å². The van der Waals surface area contributed by atoms with Crippen molar-refractivity contribution in [2.75, 3.05) is 20.3 Å².